The molecule has 0 amide bonds. The fraction of sp³-hybridized carbons (Fsp3) is 0.160. The van der Waals surface area contributed by atoms with Crippen molar-refractivity contribution in [3.63, 3.8) is 0 Å². The summed E-state index contributed by atoms with van der Waals surface area (Å²) < 4.78 is 2.31. The highest BCUT2D eigenvalue weighted by molar-refractivity contribution is 7.80. The van der Waals surface area contributed by atoms with Gasteiger partial charge in [-0.1, -0.05) is 30.3 Å². The first-order chi connectivity index (χ1) is 15.2. The van der Waals surface area contributed by atoms with Gasteiger partial charge in [0.25, 0.3) is 0 Å². The predicted octanol–water partition coefficient (Wildman–Crippen LogP) is 4.75. The van der Waals surface area contributed by atoms with E-state index in [0.717, 1.165) is 17.1 Å². The van der Waals surface area contributed by atoms with E-state index in [1.54, 1.807) is 0 Å². The smallest absolute Gasteiger partial charge is 0.170 e. The summed E-state index contributed by atoms with van der Waals surface area (Å²) in [5.74, 6) is 0. The van der Waals surface area contributed by atoms with Crippen molar-refractivity contribution >= 4 is 17.3 Å². The summed E-state index contributed by atoms with van der Waals surface area (Å²) >= 11 is 5.81. The molecule has 0 bridgehead atoms. The van der Waals surface area contributed by atoms with E-state index in [1.165, 1.54) is 11.4 Å². The summed E-state index contributed by atoms with van der Waals surface area (Å²) in [5, 5.41) is 4.24. The minimum absolute atomic E-state index is 0.0293. The molecule has 31 heavy (non-hydrogen) atoms. The van der Waals surface area contributed by atoms with Crippen molar-refractivity contribution in [3.8, 4) is 5.69 Å². The van der Waals surface area contributed by atoms with Crippen molar-refractivity contribution in [3.05, 3.63) is 114 Å². The van der Waals surface area contributed by atoms with Crippen molar-refractivity contribution in [1.29, 1.82) is 0 Å². The summed E-state index contributed by atoms with van der Waals surface area (Å²) in [7, 11) is 0. The Labute approximate surface area is 187 Å². The molecule has 1 N–H and O–H groups in total. The predicted molar refractivity (Wildman–Crippen MR) is 126 cm³/mol. The molecule has 1 fully saturated rings. The summed E-state index contributed by atoms with van der Waals surface area (Å²) in [6.07, 6.45) is 3.66. The number of nitrogens with one attached hydrogen (secondary N) is 1. The average molecular weight is 426 g/mol. The van der Waals surface area contributed by atoms with Crippen molar-refractivity contribution < 1.29 is 0 Å². The van der Waals surface area contributed by atoms with Crippen LogP contribution in [0, 0.1) is 6.92 Å². The van der Waals surface area contributed by atoms with Crippen LogP contribution in [-0.2, 0) is 6.54 Å². The van der Waals surface area contributed by atoms with Crippen LogP contribution in [0.2, 0.25) is 0 Å². The molecule has 0 radical (unpaired) electrons. The number of thiocarbonyl (C=S) groups is 1. The molecule has 0 aliphatic carbocycles. The van der Waals surface area contributed by atoms with Gasteiger partial charge >= 0.3 is 0 Å². The molecule has 5 rings (SSSR count). The Hall–Kier alpha value is -3.51. The van der Waals surface area contributed by atoms with Gasteiger partial charge < -0.3 is 14.8 Å². The van der Waals surface area contributed by atoms with Gasteiger partial charge in [0.05, 0.1) is 30.0 Å². The average Bonchev–Trinajstić information content (AvgIpc) is 3.35. The number of aromatic nitrogens is 3. The molecule has 0 saturated carbocycles. The molecule has 3 aromatic heterocycles. The summed E-state index contributed by atoms with van der Waals surface area (Å²) in [6.45, 7) is 2.76. The van der Waals surface area contributed by atoms with Crippen LogP contribution in [0.3, 0.4) is 0 Å². The first-order valence-corrected chi connectivity index (χ1v) is 10.7. The van der Waals surface area contributed by atoms with E-state index in [1.807, 2.05) is 48.8 Å². The number of pyridine rings is 2. The second-order valence-corrected chi connectivity index (χ2v) is 8.03. The van der Waals surface area contributed by atoms with Gasteiger partial charge in [0.2, 0.25) is 0 Å². The summed E-state index contributed by atoms with van der Waals surface area (Å²) in [5.41, 5.74) is 5.43. The van der Waals surface area contributed by atoms with Crippen LogP contribution in [0.25, 0.3) is 5.69 Å². The number of hydrogen-bond acceptors (Lipinski definition) is 3. The largest absolute Gasteiger partial charge is 0.352 e. The Kier molecular flexibility index (Phi) is 5.22. The number of para-hydroxylation sites is 1. The van der Waals surface area contributed by atoms with E-state index >= 15 is 0 Å². The quantitative estimate of drug-likeness (QED) is 0.468. The topological polar surface area (TPSA) is 46.0 Å². The third kappa shape index (κ3) is 3.70. The maximum atomic E-state index is 5.81. The molecule has 5 nitrogen and oxygen atoms in total. The highest BCUT2D eigenvalue weighted by atomic mass is 32.1. The van der Waals surface area contributed by atoms with Crippen LogP contribution in [0.1, 0.15) is 34.9 Å². The van der Waals surface area contributed by atoms with Crippen LogP contribution in [0.5, 0.6) is 0 Å². The van der Waals surface area contributed by atoms with Gasteiger partial charge in [-0.2, -0.15) is 0 Å². The number of aryl methyl sites for hydroxylation is 1. The molecule has 0 unspecified atom stereocenters. The zero-order valence-electron chi connectivity index (χ0n) is 17.2. The third-order valence-corrected chi connectivity index (χ3v) is 6.03. The molecule has 1 aliphatic rings. The Balaban J connectivity index is 1.63. The van der Waals surface area contributed by atoms with Crippen molar-refractivity contribution in [2.45, 2.75) is 25.6 Å². The third-order valence-electron chi connectivity index (χ3n) is 5.68. The minimum Gasteiger partial charge on any atom is -0.352 e. The van der Waals surface area contributed by atoms with Crippen LogP contribution in [0.4, 0.5) is 0 Å². The first-order valence-electron chi connectivity index (χ1n) is 10.3. The Bertz CT molecular complexity index is 1170. The van der Waals surface area contributed by atoms with Crippen molar-refractivity contribution in [2.75, 3.05) is 0 Å². The second kappa shape index (κ2) is 8.32. The van der Waals surface area contributed by atoms with E-state index in [2.05, 4.69) is 74.1 Å². The molecule has 2 atom stereocenters. The van der Waals surface area contributed by atoms with Gasteiger partial charge in [-0.05, 0) is 67.7 Å². The van der Waals surface area contributed by atoms with Gasteiger partial charge in [0.1, 0.15) is 0 Å². The molecule has 4 aromatic rings. The Morgan fingerprint density at radius 1 is 0.871 bits per heavy atom. The van der Waals surface area contributed by atoms with Crippen LogP contribution in [0.15, 0.2) is 91.3 Å². The van der Waals surface area contributed by atoms with Crippen molar-refractivity contribution in [2.24, 2.45) is 0 Å². The molecule has 0 spiro atoms. The Morgan fingerprint density at radius 3 is 2.32 bits per heavy atom. The SMILES string of the molecule is Cc1ccc([C@H]2[C@@H](c3ccccn3)NC(=S)N2Cc2ccccn2)n1-c1ccccc1. The molecule has 1 aromatic carbocycles. The van der Waals surface area contributed by atoms with Gasteiger partial charge in [-0.3, -0.25) is 9.97 Å². The number of hydrogen-bond donors (Lipinski definition) is 1. The standard InChI is InChI=1S/C25H23N5S/c1-18-13-14-22(30(18)20-10-3-2-4-11-20)24-23(21-12-6-8-16-27-21)28-25(31)29(24)17-19-9-5-7-15-26-19/h2-16,23-24H,17H2,1H3,(H,28,31)/t23-,24+/m1/s1. The fourth-order valence-electron chi connectivity index (χ4n) is 4.28. The minimum atomic E-state index is -0.0609. The van der Waals surface area contributed by atoms with E-state index in [9.17, 15) is 0 Å². The normalized spacial score (nSPS) is 18.2. The zero-order valence-corrected chi connectivity index (χ0v) is 18.0. The zero-order chi connectivity index (χ0) is 21.2. The van der Waals surface area contributed by atoms with E-state index in [-0.39, 0.29) is 12.1 Å². The van der Waals surface area contributed by atoms with Gasteiger partial charge in [-0.25, -0.2) is 0 Å². The monoisotopic (exact) mass is 425 g/mol. The Morgan fingerprint density at radius 2 is 1.61 bits per heavy atom. The maximum Gasteiger partial charge on any atom is 0.170 e. The lowest BCUT2D eigenvalue weighted by Gasteiger charge is -2.29. The van der Waals surface area contributed by atoms with Gasteiger partial charge in [0.15, 0.2) is 5.11 Å². The molecule has 1 aliphatic heterocycles. The van der Waals surface area contributed by atoms with Gasteiger partial charge in [-0.15, -0.1) is 0 Å². The second-order valence-electron chi connectivity index (χ2n) is 7.65. The lowest BCUT2D eigenvalue weighted by molar-refractivity contribution is 0.299. The molecule has 6 heteroatoms. The highest BCUT2D eigenvalue weighted by Crippen LogP contribution is 2.40. The summed E-state index contributed by atoms with van der Waals surface area (Å²) in [4.78, 5) is 11.4. The van der Waals surface area contributed by atoms with E-state index < -0.39 is 0 Å². The van der Waals surface area contributed by atoms with Crippen LogP contribution < -0.4 is 5.32 Å². The van der Waals surface area contributed by atoms with Crippen molar-refractivity contribution in [1.82, 2.24) is 24.8 Å². The first kappa shape index (κ1) is 19.5. The van der Waals surface area contributed by atoms with Crippen LogP contribution in [-0.4, -0.2) is 24.5 Å². The lowest BCUT2D eigenvalue weighted by Crippen LogP contribution is -2.30. The van der Waals surface area contributed by atoms with Crippen LogP contribution >= 0.6 is 12.2 Å². The highest BCUT2D eigenvalue weighted by Gasteiger charge is 2.41. The maximum absolute atomic E-state index is 5.81. The lowest BCUT2D eigenvalue weighted by atomic mass is 10.0. The number of nitrogens with zero attached hydrogens (tertiary/aromatic N) is 4. The molecule has 1 saturated heterocycles. The number of rotatable bonds is 5. The molecular weight excluding hydrogens is 402 g/mol. The molecule has 154 valence electrons. The summed E-state index contributed by atoms with van der Waals surface area (Å²) in [6, 6.07) is 26.7. The van der Waals surface area contributed by atoms with E-state index in [0.29, 0.717) is 11.7 Å². The molecular formula is C25H23N5S. The molecule has 4 heterocycles. The number of benzene rings is 1. The van der Waals surface area contributed by atoms with E-state index in [4.69, 9.17) is 12.2 Å². The van der Waals surface area contributed by atoms with Gasteiger partial charge in [0, 0.05) is 29.5 Å². The fourth-order valence-corrected chi connectivity index (χ4v) is 4.59.